The second-order valence-electron chi connectivity index (χ2n) is 4.20. The molecule has 2 N–H and O–H groups in total. The Morgan fingerprint density at radius 3 is 2.62 bits per heavy atom. The van der Waals surface area contributed by atoms with Gasteiger partial charge in [0.05, 0.1) is 15.8 Å². The zero-order valence-corrected chi connectivity index (χ0v) is 13.2. The molecule has 1 aromatic carbocycles. The lowest BCUT2D eigenvalue weighted by atomic mass is 10.2. The highest BCUT2D eigenvalue weighted by molar-refractivity contribution is 7.90. The monoisotopic (exact) mass is 329 g/mol. The molecule has 1 heterocycles. The summed E-state index contributed by atoms with van der Waals surface area (Å²) in [6.45, 7) is 4.22. The molecule has 0 atom stereocenters. The van der Waals surface area contributed by atoms with Crippen LogP contribution in [-0.4, -0.2) is 41.9 Å². The number of fused-ring (bicyclic) bond motifs is 1. The lowest BCUT2D eigenvalue weighted by molar-refractivity contribution is 0.0697. The molecule has 0 saturated carbocycles. The van der Waals surface area contributed by atoms with E-state index >= 15 is 0 Å². The molecule has 2 rings (SSSR count). The molecule has 1 aromatic heterocycles. The molecule has 0 unspecified atom stereocenters. The normalized spacial score (nSPS) is 12.0. The van der Waals surface area contributed by atoms with E-state index in [4.69, 9.17) is 5.11 Å². The summed E-state index contributed by atoms with van der Waals surface area (Å²) in [6.07, 6.45) is 0. The number of nitrogens with zero attached hydrogens (tertiary/aromatic N) is 2. The van der Waals surface area contributed by atoms with Crippen molar-refractivity contribution in [1.82, 2.24) is 9.29 Å². The third-order valence-corrected chi connectivity index (χ3v) is 5.61. The highest BCUT2D eigenvalue weighted by Crippen LogP contribution is 2.27. The van der Waals surface area contributed by atoms with Crippen molar-refractivity contribution in [3.05, 3.63) is 23.8 Å². The number of carboxylic acids is 1. The fourth-order valence-electron chi connectivity index (χ4n) is 1.84. The molecule has 0 aliphatic rings. The Kier molecular flexibility index (Phi) is 4.45. The van der Waals surface area contributed by atoms with E-state index in [-0.39, 0.29) is 10.7 Å². The summed E-state index contributed by atoms with van der Waals surface area (Å²) in [5, 5.41) is 9.16. The Morgan fingerprint density at radius 1 is 1.38 bits per heavy atom. The van der Waals surface area contributed by atoms with E-state index < -0.39 is 16.2 Å². The second-order valence-corrected chi connectivity index (χ2v) is 6.90. The fraction of sp³-hybridized carbons (Fsp3) is 0.333. The van der Waals surface area contributed by atoms with Gasteiger partial charge in [-0.25, -0.2) is 14.5 Å². The Hall–Kier alpha value is -1.71. The van der Waals surface area contributed by atoms with Crippen LogP contribution in [0.4, 0.5) is 5.13 Å². The summed E-state index contributed by atoms with van der Waals surface area (Å²) in [5.74, 6) is -1.03. The number of anilines is 1. The summed E-state index contributed by atoms with van der Waals surface area (Å²) in [5.41, 5.74) is 0.701. The van der Waals surface area contributed by atoms with Gasteiger partial charge in [-0.15, -0.1) is 0 Å². The van der Waals surface area contributed by atoms with Gasteiger partial charge in [0.25, 0.3) is 0 Å². The van der Waals surface area contributed by atoms with E-state index in [0.717, 1.165) is 11.3 Å². The molecule has 21 heavy (non-hydrogen) atoms. The van der Waals surface area contributed by atoms with Crippen molar-refractivity contribution in [3.63, 3.8) is 0 Å². The number of rotatable bonds is 6. The molecule has 0 spiro atoms. The van der Waals surface area contributed by atoms with Crippen molar-refractivity contribution in [2.24, 2.45) is 0 Å². The summed E-state index contributed by atoms with van der Waals surface area (Å²) >= 11 is 1.10. The predicted octanol–water partition coefficient (Wildman–Crippen LogP) is 1.99. The lowest BCUT2D eigenvalue weighted by Crippen LogP contribution is -2.35. The molecule has 0 fully saturated rings. The van der Waals surface area contributed by atoms with Gasteiger partial charge in [-0.05, 0) is 18.2 Å². The third kappa shape index (κ3) is 3.31. The van der Waals surface area contributed by atoms with Crippen LogP contribution < -0.4 is 4.72 Å². The van der Waals surface area contributed by atoms with Crippen LogP contribution >= 0.6 is 11.3 Å². The average Bonchev–Trinajstić information content (AvgIpc) is 2.79. The molecule has 0 aliphatic heterocycles. The van der Waals surface area contributed by atoms with Gasteiger partial charge in [0.2, 0.25) is 0 Å². The fourth-order valence-corrected chi connectivity index (χ4v) is 4.15. The number of aromatic nitrogens is 1. The van der Waals surface area contributed by atoms with Crippen molar-refractivity contribution in [2.45, 2.75) is 13.8 Å². The number of carboxylic acid groups (broad SMARTS) is 1. The number of thiazole rings is 1. The molecule has 0 aliphatic carbocycles. The van der Waals surface area contributed by atoms with Crippen LogP contribution in [0.25, 0.3) is 10.2 Å². The first-order valence-corrected chi connectivity index (χ1v) is 8.54. The van der Waals surface area contributed by atoms with Crippen molar-refractivity contribution in [2.75, 3.05) is 17.8 Å². The zero-order valence-electron chi connectivity index (χ0n) is 11.5. The van der Waals surface area contributed by atoms with E-state index in [2.05, 4.69) is 9.71 Å². The maximum Gasteiger partial charge on any atom is 0.335 e. The highest BCUT2D eigenvalue weighted by Gasteiger charge is 2.20. The van der Waals surface area contributed by atoms with Crippen LogP contribution in [0.5, 0.6) is 0 Å². The molecule has 7 nitrogen and oxygen atoms in total. The molecule has 114 valence electrons. The molecule has 2 aromatic rings. The topological polar surface area (TPSA) is 99.6 Å². The van der Waals surface area contributed by atoms with Crippen molar-refractivity contribution in [3.8, 4) is 0 Å². The largest absolute Gasteiger partial charge is 0.478 e. The van der Waals surface area contributed by atoms with Crippen LogP contribution in [0, 0.1) is 0 Å². The molecule has 9 heteroatoms. The smallest absolute Gasteiger partial charge is 0.335 e. The lowest BCUT2D eigenvalue weighted by Gasteiger charge is -2.17. The number of aromatic carboxylic acids is 1. The first-order valence-electron chi connectivity index (χ1n) is 6.29. The minimum absolute atomic E-state index is 0.143. The van der Waals surface area contributed by atoms with E-state index in [1.807, 2.05) is 0 Å². The maximum absolute atomic E-state index is 12.1. The van der Waals surface area contributed by atoms with Crippen molar-refractivity contribution < 1.29 is 18.3 Å². The van der Waals surface area contributed by atoms with Gasteiger partial charge in [-0.1, -0.05) is 25.2 Å². The van der Waals surface area contributed by atoms with Gasteiger partial charge in [0.15, 0.2) is 5.13 Å². The number of hydrogen-bond acceptors (Lipinski definition) is 5. The summed E-state index contributed by atoms with van der Waals surface area (Å²) in [6, 6.07) is 4.47. The molecule has 0 saturated heterocycles. The first-order chi connectivity index (χ1) is 9.87. The van der Waals surface area contributed by atoms with Crippen molar-refractivity contribution >= 4 is 42.9 Å². The minimum Gasteiger partial charge on any atom is -0.478 e. The number of nitrogens with one attached hydrogen (secondary N) is 1. The van der Waals surface area contributed by atoms with Gasteiger partial charge in [-0.2, -0.15) is 12.7 Å². The minimum atomic E-state index is -3.63. The van der Waals surface area contributed by atoms with Crippen LogP contribution in [0.1, 0.15) is 24.2 Å². The van der Waals surface area contributed by atoms with Crippen LogP contribution in [0.2, 0.25) is 0 Å². The average molecular weight is 329 g/mol. The highest BCUT2D eigenvalue weighted by atomic mass is 32.2. The molecule has 0 amide bonds. The summed E-state index contributed by atoms with van der Waals surface area (Å²) in [7, 11) is -3.63. The van der Waals surface area contributed by atoms with Gasteiger partial charge in [0.1, 0.15) is 0 Å². The van der Waals surface area contributed by atoms with Gasteiger partial charge in [-0.3, -0.25) is 0 Å². The third-order valence-electron chi connectivity index (χ3n) is 2.90. The van der Waals surface area contributed by atoms with E-state index in [0.29, 0.717) is 23.3 Å². The Bertz CT molecular complexity index is 766. The van der Waals surface area contributed by atoms with E-state index in [9.17, 15) is 13.2 Å². The molecule has 0 radical (unpaired) electrons. The molecular weight excluding hydrogens is 314 g/mol. The molecular formula is C12H15N3O4S2. The standard InChI is InChI=1S/C12H15N3O4S2/c1-3-15(4-2)21(18,19)14-12-13-9-6-5-8(11(16)17)7-10(9)20-12/h5-7H,3-4H2,1-2H3,(H,13,14)(H,16,17). The summed E-state index contributed by atoms with van der Waals surface area (Å²) < 4.78 is 28.5. The van der Waals surface area contributed by atoms with Crippen LogP contribution in [-0.2, 0) is 10.2 Å². The Balaban J connectivity index is 2.33. The van der Waals surface area contributed by atoms with Gasteiger partial charge < -0.3 is 5.11 Å². The van der Waals surface area contributed by atoms with E-state index in [1.165, 1.54) is 16.4 Å². The Labute approximate surface area is 126 Å². The van der Waals surface area contributed by atoms with Crippen LogP contribution in [0.15, 0.2) is 18.2 Å². The number of carbonyl (C=O) groups is 1. The second kappa shape index (κ2) is 5.96. The van der Waals surface area contributed by atoms with Crippen LogP contribution in [0.3, 0.4) is 0 Å². The van der Waals surface area contributed by atoms with Gasteiger partial charge >= 0.3 is 16.2 Å². The predicted molar refractivity (Wildman–Crippen MR) is 82.0 cm³/mol. The Morgan fingerprint density at radius 2 is 2.05 bits per heavy atom. The number of benzene rings is 1. The van der Waals surface area contributed by atoms with Gasteiger partial charge in [0, 0.05) is 13.1 Å². The van der Waals surface area contributed by atoms with E-state index in [1.54, 1.807) is 19.9 Å². The zero-order chi connectivity index (χ0) is 15.6. The molecule has 0 bridgehead atoms. The maximum atomic E-state index is 12.1. The SMILES string of the molecule is CCN(CC)S(=O)(=O)Nc1nc2ccc(C(=O)O)cc2s1. The number of hydrogen-bond donors (Lipinski definition) is 2. The quantitative estimate of drug-likeness (QED) is 0.844. The van der Waals surface area contributed by atoms with Crippen molar-refractivity contribution in [1.29, 1.82) is 0 Å². The summed E-state index contributed by atoms with van der Waals surface area (Å²) in [4.78, 5) is 15.1. The first kappa shape index (κ1) is 15.7.